The Hall–Kier alpha value is -3.73. The number of piperidine rings is 1. The van der Waals surface area contributed by atoms with Crippen molar-refractivity contribution in [2.75, 3.05) is 17.2 Å². The van der Waals surface area contributed by atoms with Gasteiger partial charge in [0.25, 0.3) is 15.9 Å². The molecule has 3 N–H and O–H groups in total. The standard InChI is InChI=1S/C28H32FN5O4S.2H2/c1-17(2)16-38-22-14-18(13-19(29)15-22)24-12-11-23(27(31-24)34-20-5-3-6-21(34)10-9-20)28(35)33-39(36,37)26-8-4-7-25(30)32-26;;/h4,7-8,11-15,17,20-21H,3,5-6,9-10,16H2,1-2H3,(H2,30,32)(H,33,35);2*1H/t20-,21-;;/m1../s1. The molecule has 2 bridgehead atoms. The lowest BCUT2D eigenvalue weighted by molar-refractivity contribution is 0.0981. The van der Waals surface area contributed by atoms with Crippen LogP contribution in [0.5, 0.6) is 5.75 Å². The second-order valence-electron chi connectivity index (χ2n) is 10.5. The van der Waals surface area contributed by atoms with Gasteiger partial charge in [0.2, 0.25) is 0 Å². The van der Waals surface area contributed by atoms with Crippen molar-refractivity contribution in [2.24, 2.45) is 5.92 Å². The van der Waals surface area contributed by atoms with Gasteiger partial charge in [0, 0.05) is 26.6 Å². The van der Waals surface area contributed by atoms with E-state index in [0.717, 1.165) is 32.1 Å². The largest absolute Gasteiger partial charge is 0.493 e. The van der Waals surface area contributed by atoms with Crippen molar-refractivity contribution in [3.63, 3.8) is 0 Å². The Morgan fingerprint density at radius 1 is 1.13 bits per heavy atom. The Morgan fingerprint density at radius 2 is 1.87 bits per heavy atom. The number of anilines is 2. The zero-order chi connectivity index (χ0) is 27.7. The van der Waals surface area contributed by atoms with Crippen LogP contribution in [0.3, 0.4) is 0 Å². The van der Waals surface area contributed by atoms with E-state index in [1.54, 1.807) is 18.2 Å². The summed E-state index contributed by atoms with van der Waals surface area (Å²) in [6.45, 7) is 4.45. The van der Waals surface area contributed by atoms with Gasteiger partial charge in [0.1, 0.15) is 23.2 Å². The Bertz CT molecular complexity index is 1490. The molecular weight excluding hydrogens is 521 g/mol. The number of nitrogens with zero attached hydrogens (tertiary/aromatic N) is 3. The van der Waals surface area contributed by atoms with Crippen LogP contribution >= 0.6 is 0 Å². The summed E-state index contributed by atoms with van der Waals surface area (Å²) in [4.78, 5) is 24.2. The number of pyridine rings is 2. The van der Waals surface area contributed by atoms with Crippen molar-refractivity contribution in [2.45, 2.75) is 63.1 Å². The number of benzene rings is 1. The predicted molar refractivity (Wildman–Crippen MR) is 151 cm³/mol. The van der Waals surface area contributed by atoms with E-state index in [2.05, 4.69) is 14.6 Å². The molecule has 9 nitrogen and oxygen atoms in total. The van der Waals surface area contributed by atoms with E-state index in [4.69, 9.17) is 15.5 Å². The SMILES string of the molecule is CC(C)COc1cc(F)cc(-c2ccc(C(=O)NS(=O)(=O)c3cccc(N)n3)c(N3[C@@H]4CCC[C@@H]3CC4)n2)c1.[HH].[HH]. The van der Waals surface area contributed by atoms with Crippen LogP contribution in [0.25, 0.3) is 11.3 Å². The molecule has 4 heterocycles. The molecule has 0 radical (unpaired) electrons. The summed E-state index contributed by atoms with van der Waals surface area (Å²) in [5, 5.41) is -0.353. The summed E-state index contributed by atoms with van der Waals surface area (Å²) in [7, 11) is -4.28. The minimum Gasteiger partial charge on any atom is -0.493 e. The van der Waals surface area contributed by atoms with Gasteiger partial charge in [-0.25, -0.2) is 19.1 Å². The van der Waals surface area contributed by atoms with Crippen LogP contribution in [0.2, 0.25) is 0 Å². The van der Waals surface area contributed by atoms with Crippen molar-refractivity contribution in [3.8, 4) is 17.0 Å². The van der Waals surface area contributed by atoms with Crippen LogP contribution < -0.4 is 20.1 Å². The lowest BCUT2D eigenvalue weighted by Crippen LogP contribution is -2.42. The quantitative estimate of drug-likeness (QED) is 0.395. The number of ether oxygens (including phenoxy) is 1. The highest BCUT2D eigenvalue weighted by molar-refractivity contribution is 7.90. The molecule has 0 aliphatic carbocycles. The molecule has 1 amide bonds. The second kappa shape index (κ2) is 10.8. The first-order valence-electron chi connectivity index (χ1n) is 13.1. The highest BCUT2D eigenvalue weighted by Gasteiger charge is 2.39. The maximum absolute atomic E-state index is 14.5. The van der Waals surface area contributed by atoms with Gasteiger partial charge in [-0.1, -0.05) is 19.9 Å². The van der Waals surface area contributed by atoms with Gasteiger partial charge in [0.15, 0.2) is 5.03 Å². The third-order valence-corrected chi connectivity index (χ3v) is 8.29. The summed E-state index contributed by atoms with van der Waals surface area (Å²) in [5.41, 5.74) is 6.73. The molecule has 2 saturated heterocycles. The van der Waals surface area contributed by atoms with E-state index < -0.39 is 21.7 Å². The van der Waals surface area contributed by atoms with Crippen molar-refractivity contribution >= 4 is 27.6 Å². The van der Waals surface area contributed by atoms with Crippen LogP contribution in [0.15, 0.2) is 53.6 Å². The Morgan fingerprint density at radius 3 is 2.56 bits per heavy atom. The zero-order valence-electron chi connectivity index (χ0n) is 21.9. The normalized spacial score (nSPS) is 18.8. The third kappa shape index (κ3) is 5.83. The van der Waals surface area contributed by atoms with Crippen molar-refractivity contribution in [1.82, 2.24) is 14.7 Å². The average molecular weight is 558 g/mol. The van der Waals surface area contributed by atoms with Crippen molar-refractivity contribution in [3.05, 3.63) is 59.9 Å². The molecule has 5 rings (SSSR count). The molecule has 2 atom stereocenters. The maximum atomic E-state index is 14.5. The molecule has 39 heavy (non-hydrogen) atoms. The number of hydrogen-bond donors (Lipinski definition) is 2. The van der Waals surface area contributed by atoms with Crippen LogP contribution in [0.1, 0.15) is 59.2 Å². The Balaban J connectivity index is 0.00000231. The van der Waals surface area contributed by atoms with Crippen LogP contribution in [0, 0.1) is 11.7 Å². The number of nitrogens with two attached hydrogens (primary N) is 1. The summed E-state index contributed by atoms with van der Waals surface area (Å²) < 4.78 is 48.3. The summed E-state index contributed by atoms with van der Waals surface area (Å²) >= 11 is 0. The molecule has 2 aliphatic rings. The highest BCUT2D eigenvalue weighted by Crippen LogP contribution is 2.40. The number of halogens is 1. The molecule has 0 unspecified atom stereocenters. The summed E-state index contributed by atoms with van der Waals surface area (Å²) in [5.74, 6) is -0.209. The number of amides is 1. The topological polar surface area (TPSA) is 128 Å². The van der Waals surface area contributed by atoms with Crippen molar-refractivity contribution in [1.29, 1.82) is 0 Å². The van der Waals surface area contributed by atoms with Gasteiger partial charge in [-0.15, -0.1) is 0 Å². The van der Waals surface area contributed by atoms with Crippen molar-refractivity contribution < 1.29 is 25.2 Å². The fraction of sp³-hybridized carbons (Fsp3) is 0.393. The van der Waals surface area contributed by atoms with E-state index in [1.165, 1.54) is 30.3 Å². The molecule has 2 aromatic heterocycles. The second-order valence-corrected chi connectivity index (χ2v) is 12.1. The number of carbonyl (C=O) groups is 1. The summed E-state index contributed by atoms with van der Waals surface area (Å²) in [6.07, 6.45) is 4.94. The monoisotopic (exact) mass is 557 g/mol. The zero-order valence-corrected chi connectivity index (χ0v) is 22.7. The fourth-order valence-corrected chi connectivity index (χ4v) is 6.25. The maximum Gasteiger partial charge on any atom is 0.281 e. The van der Waals surface area contributed by atoms with E-state index >= 15 is 0 Å². The first-order chi connectivity index (χ1) is 18.6. The lowest BCUT2D eigenvalue weighted by Gasteiger charge is -2.37. The smallest absolute Gasteiger partial charge is 0.281 e. The van der Waals surface area contributed by atoms with Crippen LogP contribution in [0.4, 0.5) is 16.0 Å². The summed E-state index contributed by atoms with van der Waals surface area (Å²) in [6, 6.07) is 12.1. The van der Waals surface area contributed by atoms with Gasteiger partial charge in [-0.05, 0) is 74.4 Å². The molecule has 11 heteroatoms. The molecule has 3 aromatic rings. The van der Waals surface area contributed by atoms with Gasteiger partial charge in [-0.2, -0.15) is 8.42 Å². The number of sulfonamides is 1. The first-order valence-corrected chi connectivity index (χ1v) is 14.6. The molecule has 0 spiro atoms. The fourth-order valence-electron chi connectivity index (χ4n) is 5.31. The van der Waals surface area contributed by atoms with Crippen LogP contribution in [-0.4, -0.2) is 43.0 Å². The number of nitrogen functional groups attached to an aromatic ring is 1. The van der Waals surface area contributed by atoms with E-state index in [0.29, 0.717) is 29.4 Å². The number of carbonyl (C=O) groups excluding carboxylic acids is 1. The van der Waals surface area contributed by atoms with E-state index in [1.807, 2.05) is 13.8 Å². The number of nitrogens with one attached hydrogen (secondary N) is 1. The van der Waals surface area contributed by atoms with Gasteiger partial charge < -0.3 is 15.4 Å². The van der Waals surface area contributed by atoms with Gasteiger partial charge in [-0.3, -0.25) is 4.79 Å². The average Bonchev–Trinajstić information content (AvgIpc) is 3.14. The minimum absolute atomic E-state index is 0. The number of rotatable bonds is 8. The van der Waals surface area contributed by atoms with E-state index in [9.17, 15) is 17.6 Å². The molecule has 0 saturated carbocycles. The van der Waals surface area contributed by atoms with Gasteiger partial charge in [0.05, 0.1) is 17.9 Å². The van der Waals surface area contributed by atoms with Gasteiger partial charge >= 0.3 is 0 Å². The first kappa shape index (κ1) is 26.9. The number of hydrogen-bond acceptors (Lipinski definition) is 8. The minimum atomic E-state index is -4.28. The lowest BCUT2D eigenvalue weighted by atomic mass is 10.0. The molecule has 2 fully saturated rings. The predicted octanol–water partition coefficient (Wildman–Crippen LogP) is 5.03. The molecule has 2 aliphatic heterocycles. The van der Waals surface area contributed by atoms with Crippen LogP contribution in [-0.2, 0) is 10.0 Å². The third-order valence-electron chi connectivity index (χ3n) is 7.06. The Labute approximate surface area is 230 Å². The molecular formula is C28H36FN5O4S. The number of fused-ring (bicyclic) bond motifs is 2. The Kier molecular flexibility index (Phi) is 7.44. The number of aromatic nitrogens is 2. The highest BCUT2D eigenvalue weighted by atomic mass is 32.2. The molecule has 1 aromatic carbocycles. The van der Waals surface area contributed by atoms with E-state index in [-0.39, 0.29) is 37.3 Å². The molecule has 210 valence electrons.